The van der Waals surface area contributed by atoms with E-state index < -0.39 is 0 Å². The highest BCUT2D eigenvalue weighted by atomic mass is 79.9. The summed E-state index contributed by atoms with van der Waals surface area (Å²) in [6.45, 7) is 6.73. The highest BCUT2D eigenvalue weighted by molar-refractivity contribution is 9.10. The summed E-state index contributed by atoms with van der Waals surface area (Å²) in [5, 5.41) is 0. The molecule has 1 atom stereocenters. The third-order valence-electron chi connectivity index (χ3n) is 2.52. The third-order valence-corrected chi connectivity index (χ3v) is 3.56. The van der Waals surface area contributed by atoms with Crippen LogP contribution in [0.15, 0.2) is 24.3 Å². The molecule has 0 N–H and O–H groups in total. The second-order valence-corrected chi connectivity index (χ2v) is 4.90. The van der Waals surface area contributed by atoms with Crippen LogP contribution in [-0.2, 0) is 4.79 Å². The minimum atomic E-state index is -0.0898. The van der Waals surface area contributed by atoms with E-state index in [1.807, 2.05) is 49.9 Å². The van der Waals surface area contributed by atoms with Gasteiger partial charge in [0.2, 0.25) is 5.91 Å². The number of hydrogen-bond donors (Lipinski definition) is 0. The maximum absolute atomic E-state index is 12.1. The molecule has 88 valence electrons. The van der Waals surface area contributed by atoms with Crippen LogP contribution < -0.4 is 4.90 Å². The van der Waals surface area contributed by atoms with Crippen molar-refractivity contribution in [2.75, 3.05) is 11.4 Å². The van der Waals surface area contributed by atoms with E-state index in [2.05, 4.69) is 15.9 Å². The SMILES string of the molecule is CC[C@@H](Br)C(=O)N(CC)c1cccc(C)c1. The Morgan fingerprint density at radius 3 is 2.62 bits per heavy atom. The van der Waals surface area contributed by atoms with Crippen molar-refractivity contribution in [2.24, 2.45) is 0 Å². The van der Waals surface area contributed by atoms with Gasteiger partial charge in [0.15, 0.2) is 0 Å². The summed E-state index contributed by atoms with van der Waals surface area (Å²) >= 11 is 3.41. The van der Waals surface area contributed by atoms with Gasteiger partial charge in [-0.1, -0.05) is 35.0 Å². The van der Waals surface area contributed by atoms with Gasteiger partial charge < -0.3 is 4.90 Å². The fourth-order valence-electron chi connectivity index (χ4n) is 1.61. The minimum absolute atomic E-state index is 0.0898. The molecule has 3 heteroatoms. The van der Waals surface area contributed by atoms with Crippen LogP contribution in [-0.4, -0.2) is 17.3 Å². The van der Waals surface area contributed by atoms with Crippen molar-refractivity contribution < 1.29 is 4.79 Å². The second-order valence-electron chi connectivity index (χ2n) is 3.80. The van der Waals surface area contributed by atoms with E-state index in [-0.39, 0.29) is 10.7 Å². The van der Waals surface area contributed by atoms with Crippen molar-refractivity contribution in [3.63, 3.8) is 0 Å². The molecule has 0 heterocycles. The highest BCUT2D eigenvalue weighted by Crippen LogP contribution is 2.19. The summed E-state index contributed by atoms with van der Waals surface area (Å²) < 4.78 is 0. The maximum Gasteiger partial charge on any atom is 0.240 e. The van der Waals surface area contributed by atoms with Crippen LogP contribution in [0.2, 0.25) is 0 Å². The van der Waals surface area contributed by atoms with Crippen LogP contribution in [0.1, 0.15) is 25.8 Å². The van der Waals surface area contributed by atoms with Gasteiger partial charge in [0, 0.05) is 12.2 Å². The molecule has 0 unspecified atom stereocenters. The molecule has 0 aliphatic rings. The Bertz CT molecular complexity index is 365. The van der Waals surface area contributed by atoms with Crippen LogP contribution in [0, 0.1) is 6.92 Å². The lowest BCUT2D eigenvalue weighted by Crippen LogP contribution is -2.36. The second kappa shape index (κ2) is 6.04. The zero-order valence-electron chi connectivity index (χ0n) is 10.0. The first-order chi connectivity index (χ1) is 7.60. The van der Waals surface area contributed by atoms with E-state index in [1.54, 1.807) is 0 Å². The average Bonchev–Trinajstić information content (AvgIpc) is 2.29. The van der Waals surface area contributed by atoms with E-state index >= 15 is 0 Å². The number of hydrogen-bond acceptors (Lipinski definition) is 1. The van der Waals surface area contributed by atoms with Crippen molar-refractivity contribution in [2.45, 2.75) is 32.0 Å². The molecule has 1 amide bonds. The van der Waals surface area contributed by atoms with Gasteiger partial charge in [-0.2, -0.15) is 0 Å². The van der Waals surface area contributed by atoms with Gasteiger partial charge >= 0.3 is 0 Å². The molecule has 0 spiro atoms. The topological polar surface area (TPSA) is 20.3 Å². The monoisotopic (exact) mass is 283 g/mol. The molecular weight excluding hydrogens is 266 g/mol. The molecule has 1 aromatic rings. The minimum Gasteiger partial charge on any atom is -0.312 e. The van der Waals surface area contributed by atoms with Crippen LogP contribution in [0.4, 0.5) is 5.69 Å². The number of halogens is 1. The molecule has 0 saturated heterocycles. The van der Waals surface area contributed by atoms with Gasteiger partial charge in [-0.15, -0.1) is 0 Å². The number of carbonyl (C=O) groups is 1. The van der Waals surface area contributed by atoms with Crippen LogP contribution >= 0.6 is 15.9 Å². The third kappa shape index (κ3) is 3.08. The number of alkyl halides is 1. The van der Waals surface area contributed by atoms with Gasteiger partial charge in [-0.05, 0) is 38.0 Å². The van der Waals surface area contributed by atoms with E-state index in [1.165, 1.54) is 5.56 Å². The van der Waals surface area contributed by atoms with Gasteiger partial charge in [-0.3, -0.25) is 4.79 Å². The smallest absolute Gasteiger partial charge is 0.240 e. The first-order valence-electron chi connectivity index (χ1n) is 5.62. The predicted octanol–water partition coefficient (Wildman–Crippen LogP) is 3.52. The summed E-state index contributed by atoms with van der Waals surface area (Å²) in [5.41, 5.74) is 2.15. The van der Waals surface area contributed by atoms with Gasteiger partial charge in [0.05, 0.1) is 4.83 Å². The van der Waals surface area contributed by atoms with Crippen molar-refractivity contribution in [3.8, 4) is 0 Å². The van der Waals surface area contributed by atoms with Crippen LogP contribution in [0.3, 0.4) is 0 Å². The first kappa shape index (κ1) is 13.2. The average molecular weight is 284 g/mol. The highest BCUT2D eigenvalue weighted by Gasteiger charge is 2.20. The molecule has 1 rings (SSSR count). The van der Waals surface area contributed by atoms with E-state index in [9.17, 15) is 4.79 Å². The molecule has 0 saturated carbocycles. The standard InChI is InChI=1S/C13H18BrNO/c1-4-12(14)13(16)15(5-2)11-8-6-7-10(3)9-11/h6-9,12H,4-5H2,1-3H3/t12-/m1/s1. The van der Waals surface area contributed by atoms with Crippen LogP contribution in [0.5, 0.6) is 0 Å². The Morgan fingerprint density at radius 1 is 1.44 bits per heavy atom. The fraction of sp³-hybridized carbons (Fsp3) is 0.462. The van der Waals surface area contributed by atoms with Crippen molar-refractivity contribution in [1.29, 1.82) is 0 Å². The Labute approximate surface area is 106 Å². The predicted molar refractivity (Wildman–Crippen MR) is 72.2 cm³/mol. The molecule has 0 bridgehead atoms. The van der Waals surface area contributed by atoms with Crippen LogP contribution in [0.25, 0.3) is 0 Å². The molecule has 1 aromatic carbocycles. The van der Waals surface area contributed by atoms with E-state index in [4.69, 9.17) is 0 Å². The lowest BCUT2D eigenvalue weighted by atomic mass is 10.2. The number of aryl methyl sites for hydroxylation is 1. The quantitative estimate of drug-likeness (QED) is 0.775. The number of benzene rings is 1. The number of anilines is 1. The molecular formula is C13H18BrNO. The Hall–Kier alpha value is -0.830. The summed E-state index contributed by atoms with van der Waals surface area (Å²) in [6.07, 6.45) is 0.807. The zero-order chi connectivity index (χ0) is 12.1. The lowest BCUT2D eigenvalue weighted by molar-refractivity contribution is -0.118. The number of nitrogens with zero attached hydrogens (tertiary/aromatic N) is 1. The summed E-state index contributed by atoms with van der Waals surface area (Å²) in [6, 6.07) is 8.03. The molecule has 0 aliphatic heterocycles. The fourth-order valence-corrected chi connectivity index (χ4v) is 1.85. The Morgan fingerprint density at radius 2 is 2.12 bits per heavy atom. The van der Waals surface area contributed by atoms with Crippen molar-refractivity contribution in [1.82, 2.24) is 0 Å². The molecule has 16 heavy (non-hydrogen) atoms. The first-order valence-corrected chi connectivity index (χ1v) is 6.53. The Balaban J connectivity index is 2.94. The van der Waals surface area contributed by atoms with E-state index in [0.717, 1.165) is 12.1 Å². The zero-order valence-corrected chi connectivity index (χ0v) is 11.6. The van der Waals surface area contributed by atoms with Gasteiger partial charge in [0.25, 0.3) is 0 Å². The number of carbonyl (C=O) groups excluding carboxylic acids is 1. The maximum atomic E-state index is 12.1. The normalized spacial score (nSPS) is 12.2. The van der Waals surface area contributed by atoms with E-state index in [0.29, 0.717) is 6.54 Å². The molecule has 0 fully saturated rings. The van der Waals surface area contributed by atoms with Gasteiger partial charge in [-0.25, -0.2) is 0 Å². The number of amides is 1. The van der Waals surface area contributed by atoms with Crippen molar-refractivity contribution >= 4 is 27.5 Å². The van der Waals surface area contributed by atoms with Crippen molar-refractivity contribution in [3.05, 3.63) is 29.8 Å². The molecule has 0 aliphatic carbocycles. The molecule has 0 radical (unpaired) electrons. The summed E-state index contributed by atoms with van der Waals surface area (Å²) in [7, 11) is 0. The summed E-state index contributed by atoms with van der Waals surface area (Å²) in [4.78, 5) is 13.8. The number of rotatable bonds is 4. The van der Waals surface area contributed by atoms with Gasteiger partial charge in [0.1, 0.15) is 0 Å². The molecule has 2 nitrogen and oxygen atoms in total. The molecule has 0 aromatic heterocycles. The summed E-state index contributed by atoms with van der Waals surface area (Å²) in [5.74, 6) is 0.135. The largest absolute Gasteiger partial charge is 0.312 e. The Kier molecular flexibility index (Phi) is 5.00. The lowest BCUT2D eigenvalue weighted by Gasteiger charge is -2.23.